The van der Waals surface area contributed by atoms with E-state index in [4.69, 9.17) is 4.74 Å². The number of aliphatic hydroxyl groups is 2. The van der Waals surface area contributed by atoms with Crippen molar-refractivity contribution < 1.29 is 34.1 Å². The first kappa shape index (κ1) is 29.9. The molecule has 1 unspecified atom stereocenters. The smallest absolute Gasteiger partial charge is 0.304 e. The summed E-state index contributed by atoms with van der Waals surface area (Å²) >= 11 is 3.46. The van der Waals surface area contributed by atoms with Gasteiger partial charge in [0.05, 0.1) is 31.3 Å². The molecule has 10 nitrogen and oxygen atoms in total. The molecule has 42 heavy (non-hydrogen) atoms. The van der Waals surface area contributed by atoms with E-state index >= 15 is 0 Å². The van der Waals surface area contributed by atoms with Crippen molar-refractivity contribution in [1.82, 2.24) is 4.90 Å². The van der Waals surface area contributed by atoms with Gasteiger partial charge in [-0.25, -0.2) is 0 Å². The molecule has 0 aliphatic carbocycles. The van der Waals surface area contributed by atoms with Crippen LogP contribution < -0.4 is 9.80 Å². The minimum absolute atomic E-state index is 0.0600. The molecule has 3 aliphatic rings. The number of anilines is 2. The number of esters is 1. The van der Waals surface area contributed by atoms with Gasteiger partial charge in [-0.05, 0) is 48.7 Å². The van der Waals surface area contributed by atoms with Crippen molar-refractivity contribution in [2.24, 2.45) is 5.92 Å². The van der Waals surface area contributed by atoms with Crippen LogP contribution in [0, 0.1) is 5.92 Å². The summed E-state index contributed by atoms with van der Waals surface area (Å²) in [5.74, 6) is -1.81. The van der Waals surface area contributed by atoms with E-state index in [1.807, 2.05) is 6.07 Å². The van der Waals surface area contributed by atoms with Crippen LogP contribution in [0.15, 0.2) is 59.1 Å². The number of hydrogen-bond donors (Lipinski definition) is 2. The van der Waals surface area contributed by atoms with E-state index in [0.29, 0.717) is 23.5 Å². The molecule has 0 radical (unpaired) electrons. The van der Waals surface area contributed by atoms with Crippen LogP contribution >= 0.6 is 15.9 Å². The summed E-state index contributed by atoms with van der Waals surface area (Å²) in [6.07, 6.45) is 4.66. The van der Waals surface area contributed by atoms with E-state index in [1.54, 1.807) is 65.3 Å². The molecule has 4 atom stereocenters. The molecule has 0 spiro atoms. The van der Waals surface area contributed by atoms with Gasteiger partial charge < -0.3 is 24.7 Å². The van der Waals surface area contributed by atoms with Crippen molar-refractivity contribution in [2.45, 2.75) is 63.9 Å². The molecule has 3 aliphatic heterocycles. The fourth-order valence-electron chi connectivity index (χ4n) is 5.99. The average Bonchev–Trinajstić information content (AvgIpc) is 3.51. The first-order valence-electron chi connectivity index (χ1n) is 14.0. The summed E-state index contributed by atoms with van der Waals surface area (Å²) < 4.78 is 5.91. The van der Waals surface area contributed by atoms with E-state index in [0.717, 1.165) is 22.9 Å². The first-order valence-corrected chi connectivity index (χ1v) is 14.8. The molecule has 3 amide bonds. The van der Waals surface area contributed by atoms with Gasteiger partial charge in [-0.15, -0.1) is 0 Å². The molecule has 0 bridgehead atoms. The lowest BCUT2D eigenvalue weighted by atomic mass is 9.83. The van der Waals surface area contributed by atoms with E-state index in [1.165, 1.54) is 11.8 Å². The summed E-state index contributed by atoms with van der Waals surface area (Å²) in [5.41, 5.74) is 0.572. The molecular weight excluding hydrogens is 606 g/mol. The van der Waals surface area contributed by atoms with Gasteiger partial charge in [-0.2, -0.15) is 0 Å². The van der Waals surface area contributed by atoms with Crippen LogP contribution in [0.5, 0.6) is 0 Å². The van der Waals surface area contributed by atoms with E-state index in [-0.39, 0.29) is 43.8 Å². The number of rotatable bonds is 9. The van der Waals surface area contributed by atoms with Crippen molar-refractivity contribution in [3.63, 3.8) is 0 Å². The van der Waals surface area contributed by atoms with Crippen LogP contribution in [0.3, 0.4) is 0 Å². The van der Waals surface area contributed by atoms with Gasteiger partial charge in [-0.3, -0.25) is 24.1 Å². The molecule has 5 rings (SSSR count). The summed E-state index contributed by atoms with van der Waals surface area (Å²) in [6.45, 7) is 3.79. The molecule has 222 valence electrons. The number of fused-ring (bicyclic) bond motifs is 1. The highest BCUT2D eigenvalue weighted by molar-refractivity contribution is 9.10. The highest BCUT2D eigenvalue weighted by Crippen LogP contribution is 2.47. The lowest BCUT2D eigenvalue weighted by Gasteiger charge is -2.39. The minimum Gasteiger partial charge on any atom is -0.441 e. The molecule has 3 heterocycles. The molecule has 2 fully saturated rings. The number of ether oxygens (including phenoxy) is 1. The van der Waals surface area contributed by atoms with E-state index in [9.17, 15) is 29.4 Å². The predicted octanol–water partition coefficient (Wildman–Crippen LogP) is 3.38. The van der Waals surface area contributed by atoms with Crippen molar-refractivity contribution in [2.75, 3.05) is 23.0 Å². The number of halogens is 1. The Kier molecular flexibility index (Phi) is 8.54. The normalized spacial score (nSPS) is 24.3. The summed E-state index contributed by atoms with van der Waals surface area (Å²) in [4.78, 5) is 54.7. The molecule has 2 aromatic rings. The fourth-order valence-corrected chi connectivity index (χ4v) is 6.35. The molecular formula is C31H34BrN3O7. The number of benzene rings is 2. The Hall–Kier alpha value is -3.54. The Bertz CT molecular complexity index is 1430. The number of likely N-dealkylation sites (tertiary alicyclic amines) is 1. The number of aliphatic hydroxyl groups excluding tert-OH is 1. The van der Waals surface area contributed by atoms with Crippen LogP contribution in [0.1, 0.15) is 50.7 Å². The topological polar surface area (TPSA) is 128 Å². The number of amides is 3. The largest absolute Gasteiger partial charge is 0.441 e. The zero-order valence-electron chi connectivity index (χ0n) is 23.5. The van der Waals surface area contributed by atoms with Crippen molar-refractivity contribution in [3.8, 4) is 0 Å². The highest BCUT2D eigenvalue weighted by Gasteiger charge is 2.52. The quantitative estimate of drug-likeness (QED) is 0.245. The Labute approximate surface area is 252 Å². The van der Waals surface area contributed by atoms with Crippen molar-refractivity contribution in [1.29, 1.82) is 0 Å². The molecule has 2 N–H and O–H groups in total. The Morgan fingerprint density at radius 1 is 1.19 bits per heavy atom. The van der Waals surface area contributed by atoms with Gasteiger partial charge in [0.25, 0.3) is 5.91 Å². The average molecular weight is 641 g/mol. The molecule has 2 saturated heterocycles. The lowest BCUT2D eigenvalue weighted by Crippen LogP contribution is -2.54. The molecule has 0 saturated carbocycles. The van der Waals surface area contributed by atoms with Gasteiger partial charge in [0, 0.05) is 41.5 Å². The van der Waals surface area contributed by atoms with Gasteiger partial charge in [-0.1, -0.05) is 47.1 Å². The van der Waals surface area contributed by atoms with Crippen LogP contribution in [0.2, 0.25) is 0 Å². The second-order valence-electron chi connectivity index (χ2n) is 11.0. The second kappa shape index (κ2) is 12.0. The summed E-state index contributed by atoms with van der Waals surface area (Å²) in [7, 11) is 0. The monoisotopic (exact) mass is 639 g/mol. The Balaban J connectivity index is 1.32. The zero-order valence-corrected chi connectivity index (χ0v) is 25.1. The van der Waals surface area contributed by atoms with Gasteiger partial charge in [0.1, 0.15) is 0 Å². The highest BCUT2D eigenvalue weighted by atomic mass is 79.9. The fraction of sp³-hybridized carbons (Fsp3) is 0.419. The summed E-state index contributed by atoms with van der Waals surface area (Å²) in [5, 5.41) is 21.4. The molecule has 2 aromatic carbocycles. The van der Waals surface area contributed by atoms with Crippen LogP contribution in [0.25, 0.3) is 0 Å². The van der Waals surface area contributed by atoms with Crippen molar-refractivity contribution in [3.05, 3.63) is 70.2 Å². The minimum atomic E-state index is -1.85. The molecule has 11 heteroatoms. The summed E-state index contributed by atoms with van der Waals surface area (Å²) in [6, 6.07) is 12.2. The number of carbonyl (C=O) groups excluding carboxylic acids is 4. The second-order valence-corrected chi connectivity index (χ2v) is 11.9. The van der Waals surface area contributed by atoms with Crippen LogP contribution in [-0.4, -0.2) is 64.2 Å². The van der Waals surface area contributed by atoms with Crippen LogP contribution in [0.4, 0.5) is 11.4 Å². The third kappa shape index (κ3) is 5.48. The maximum atomic E-state index is 13.9. The first-order chi connectivity index (χ1) is 20.0. The Morgan fingerprint density at radius 3 is 2.60 bits per heavy atom. The maximum absolute atomic E-state index is 13.9. The number of hydrogen-bond acceptors (Lipinski definition) is 7. The number of nitrogens with zero attached hydrogens (tertiary/aromatic N) is 3. The van der Waals surface area contributed by atoms with Gasteiger partial charge in [0.2, 0.25) is 11.8 Å². The maximum Gasteiger partial charge on any atom is 0.304 e. The van der Waals surface area contributed by atoms with Crippen molar-refractivity contribution >= 4 is 51.0 Å². The van der Waals surface area contributed by atoms with Gasteiger partial charge >= 0.3 is 5.97 Å². The number of β-lactam (4-membered cyclic amide) rings is 1. The van der Waals surface area contributed by atoms with E-state index in [2.05, 4.69) is 15.9 Å². The van der Waals surface area contributed by atoms with E-state index < -0.39 is 29.6 Å². The Morgan fingerprint density at radius 2 is 1.93 bits per heavy atom. The molecule has 0 aromatic heterocycles. The lowest BCUT2D eigenvalue weighted by molar-refractivity contribution is -0.154. The third-order valence-corrected chi connectivity index (χ3v) is 8.77. The third-order valence-electron chi connectivity index (χ3n) is 8.28. The standard InChI is InChI=1S/C31H34BrN3O7/c1-19(5-3-7-27(38)33-14-4-6-24(33)18-36)31(41)25-15-22(32)10-13-26(25)34(30(31)40)17-21-8-11-23(12-9-21)35-28(39)16-29(35)42-20(2)37/h3,5,8-13,15,19,24,29,36,41H,4,6-7,14,16-18H2,1-2H3/b5-3+/t19-,24+,29?,31+/m1/s1. The zero-order chi connectivity index (χ0) is 30.2. The van der Waals surface area contributed by atoms with Crippen LogP contribution in [-0.2, 0) is 36.1 Å². The van der Waals surface area contributed by atoms with Gasteiger partial charge in [0.15, 0.2) is 11.8 Å². The predicted molar refractivity (Wildman–Crippen MR) is 158 cm³/mol. The SMILES string of the molecule is CC(=O)OC1CC(=O)N1c1ccc(CN2C(=O)[C@](O)([C@H](C)/C=C/CC(=O)N3CCC[C@H]3CO)c3cc(Br)ccc32)cc1. The number of carbonyl (C=O) groups is 4.